The van der Waals surface area contributed by atoms with Crippen LogP contribution in [-0.2, 0) is 4.79 Å². The minimum absolute atomic E-state index is 0.00752. The van der Waals surface area contributed by atoms with Gasteiger partial charge in [0.1, 0.15) is 5.75 Å². The summed E-state index contributed by atoms with van der Waals surface area (Å²) in [5, 5.41) is 7.90. The van der Waals surface area contributed by atoms with Crippen LogP contribution in [0.25, 0.3) is 0 Å². The van der Waals surface area contributed by atoms with E-state index in [1.165, 1.54) is 9.91 Å². The maximum absolute atomic E-state index is 12.3. The van der Waals surface area contributed by atoms with Crippen molar-refractivity contribution < 1.29 is 14.3 Å². The first kappa shape index (κ1) is 17.9. The maximum atomic E-state index is 12.3. The third kappa shape index (κ3) is 5.03. The Kier molecular flexibility index (Phi) is 6.05. The second-order valence-corrected chi connectivity index (χ2v) is 5.20. The molecule has 8 nitrogen and oxygen atoms in total. The quantitative estimate of drug-likeness (QED) is 0.643. The Morgan fingerprint density at radius 3 is 2.60 bits per heavy atom. The average molecular weight is 341 g/mol. The molecule has 0 aliphatic rings. The molecule has 1 N–H and O–H groups in total. The Morgan fingerprint density at radius 2 is 1.96 bits per heavy atom. The molecule has 0 saturated heterocycles. The average Bonchev–Trinajstić information content (AvgIpc) is 2.62. The number of nitrogens with one attached hydrogen (secondary N) is 1. The van der Waals surface area contributed by atoms with Crippen LogP contribution in [0, 0.1) is 0 Å². The molecular weight excluding hydrogens is 322 g/mol. The Balaban J connectivity index is 1.99. The molecule has 1 aromatic carbocycles. The van der Waals surface area contributed by atoms with Gasteiger partial charge in [-0.15, -0.1) is 0 Å². The normalized spacial score (nSPS) is 9.84. The lowest BCUT2D eigenvalue weighted by Crippen LogP contribution is -2.31. The van der Waals surface area contributed by atoms with E-state index in [0.717, 1.165) is 0 Å². The molecule has 25 heavy (non-hydrogen) atoms. The number of anilines is 2. The molecule has 0 atom stereocenters. The Morgan fingerprint density at radius 1 is 1.24 bits per heavy atom. The fraction of sp³-hybridized carbons (Fsp3) is 0.176. The molecule has 0 saturated carbocycles. The summed E-state index contributed by atoms with van der Waals surface area (Å²) < 4.78 is 5.18. The van der Waals surface area contributed by atoms with Crippen molar-refractivity contribution in [2.45, 2.75) is 0 Å². The third-order valence-electron chi connectivity index (χ3n) is 3.13. The van der Waals surface area contributed by atoms with Gasteiger partial charge in [0.2, 0.25) is 0 Å². The van der Waals surface area contributed by atoms with Gasteiger partial charge in [0.25, 0.3) is 5.91 Å². The largest absolute Gasteiger partial charge is 0.414 e. The van der Waals surface area contributed by atoms with E-state index in [9.17, 15) is 9.59 Å². The van der Waals surface area contributed by atoms with Gasteiger partial charge in [-0.2, -0.15) is 10.1 Å². The highest BCUT2D eigenvalue weighted by molar-refractivity contribution is 5.95. The van der Waals surface area contributed by atoms with Crippen LogP contribution in [0.1, 0.15) is 0 Å². The molecule has 2 amide bonds. The summed E-state index contributed by atoms with van der Waals surface area (Å²) in [7, 11) is 3.19. The molecule has 0 fully saturated rings. The summed E-state index contributed by atoms with van der Waals surface area (Å²) in [6.45, 7) is 3.41. The molecule has 0 spiro atoms. The minimum atomic E-state index is -0.479. The Hall–Kier alpha value is -3.42. The highest BCUT2D eigenvalue weighted by Gasteiger charge is 2.14. The zero-order valence-electron chi connectivity index (χ0n) is 14.0. The first-order valence-corrected chi connectivity index (χ1v) is 7.44. The van der Waals surface area contributed by atoms with Crippen molar-refractivity contribution in [1.29, 1.82) is 0 Å². The molecule has 0 unspecified atom stereocenters. The van der Waals surface area contributed by atoms with Gasteiger partial charge in [-0.25, -0.2) is 4.79 Å². The molecular formula is C17H19N5O3. The summed E-state index contributed by atoms with van der Waals surface area (Å²) in [4.78, 5) is 29.1. The number of hydrogen-bond donors (Lipinski definition) is 1. The van der Waals surface area contributed by atoms with E-state index >= 15 is 0 Å². The third-order valence-corrected chi connectivity index (χ3v) is 3.13. The van der Waals surface area contributed by atoms with Crippen LogP contribution in [0.2, 0.25) is 0 Å². The summed E-state index contributed by atoms with van der Waals surface area (Å²) in [5.41, 5.74) is 1.21. The molecule has 2 rings (SSSR count). The molecule has 0 aliphatic carbocycles. The number of hydrogen-bond acceptors (Lipinski definition) is 6. The van der Waals surface area contributed by atoms with E-state index in [4.69, 9.17) is 4.74 Å². The number of pyridine rings is 1. The second-order valence-electron chi connectivity index (χ2n) is 5.20. The number of amides is 2. The fourth-order valence-electron chi connectivity index (χ4n) is 1.90. The zero-order valence-corrected chi connectivity index (χ0v) is 14.0. The maximum Gasteiger partial charge on any atom is 0.414 e. The first-order chi connectivity index (χ1) is 12.0. The van der Waals surface area contributed by atoms with E-state index in [-0.39, 0.29) is 12.5 Å². The second kappa shape index (κ2) is 8.44. The first-order valence-electron chi connectivity index (χ1n) is 7.44. The highest BCUT2D eigenvalue weighted by atomic mass is 16.6. The van der Waals surface area contributed by atoms with Crippen molar-refractivity contribution in [3.8, 4) is 5.75 Å². The summed E-state index contributed by atoms with van der Waals surface area (Å²) in [5.74, 6) is 0.0841. The molecule has 1 aromatic heterocycles. The van der Waals surface area contributed by atoms with Gasteiger partial charge in [0.05, 0.1) is 12.2 Å². The van der Waals surface area contributed by atoms with Crippen molar-refractivity contribution in [3.63, 3.8) is 0 Å². The van der Waals surface area contributed by atoms with E-state index in [1.54, 1.807) is 62.9 Å². The van der Waals surface area contributed by atoms with Crippen LogP contribution in [0.3, 0.4) is 0 Å². The predicted molar refractivity (Wildman–Crippen MR) is 95.9 cm³/mol. The summed E-state index contributed by atoms with van der Waals surface area (Å²) in [6.07, 6.45) is 2.65. The molecule has 8 heteroatoms. The number of benzene rings is 1. The minimum Gasteiger partial charge on any atom is -0.410 e. The lowest BCUT2D eigenvalue weighted by Gasteiger charge is -2.17. The van der Waals surface area contributed by atoms with Crippen molar-refractivity contribution in [2.24, 2.45) is 5.10 Å². The van der Waals surface area contributed by atoms with E-state index < -0.39 is 6.09 Å². The molecule has 0 aliphatic heterocycles. The Labute approximate surface area is 145 Å². The highest BCUT2D eigenvalue weighted by Crippen LogP contribution is 2.18. The molecule has 2 aromatic rings. The van der Waals surface area contributed by atoms with Gasteiger partial charge in [0, 0.05) is 45.0 Å². The molecule has 1 heterocycles. The monoisotopic (exact) mass is 341 g/mol. The topological polar surface area (TPSA) is 87.1 Å². The Bertz CT molecular complexity index is 749. The number of ether oxygens (including phenoxy) is 1. The van der Waals surface area contributed by atoms with Crippen LogP contribution >= 0.6 is 0 Å². The molecule has 0 radical (unpaired) electrons. The summed E-state index contributed by atoms with van der Waals surface area (Å²) in [6, 6.07) is 10.1. The van der Waals surface area contributed by atoms with E-state index in [2.05, 4.69) is 22.1 Å². The van der Waals surface area contributed by atoms with Crippen molar-refractivity contribution in [2.75, 3.05) is 31.0 Å². The summed E-state index contributed by atoms with van der Waals surface area (Å²) >= 11 is 0. The standard InChI is InChI=1S/C17H19N5O3/c1-18-22(14-7-9-19-10-8-14)16(23)12-20-13-5-4-6-15(11-13)25-17(24)21(2)3/h4-11,20H,1,12H2,2-3H3. The van der Waals surface area contributed by atoms with E-state index in [0.29, 0.717) is 17.1 Å². The van der Waals surface area contributed by atoms with Gasteiger partial charge in [-0.1, -0.05) is 6.07 Å². The smallest absolute Gasteiger partial charge is 0.410 e. The van der Waals surface area contributed by atoms with E-state index in [1.807, 2.05) is 0 Å². The van der Waals surface area contributed by atoms with Crippen molar-refractivity contribution in [1.82, 2.24) is 9.88 Å². The lowest BCUT2D eigenvalue weighted by atomic mass is 10.3. The van der Waals surface area contributed by atoms with Gasteiger partial charge in [-0.3, -0.25) is 9.78 Å². The SMILES string of the molecule is C=NN(C(=O)CNc1cccc(OC(=O)N(C)C)c1)c1ccncc1. The number of nitrogens with zero attached hydrogens (tertiary/aromatic N) is 4. The van der Waals surface area contributed by atoms with Crippen LogP contribution < -0.4 is 15.1 Å². The van der Waals surface area contributed by atoms with Gasteiger partial charge >= 0.3 is 6.09 Å². The van der Waals surface area contributed by atoms with Crippen molar-refractivity contribution >= 4 is 30.1 Å². The van der Waals surface area contributed by atoms with Crippen LogP contribution in [0.15, 0.2) is 53.9 Å². The number of rotatable bonds is 6. The van der Waals surface area contributed by atoms with Crippen LogP contribution in [0.5, 0.6) is 5.75 Å². The van der Waals surface area contributed by atoms with Gasteiger partial charge in [0.15, 0.2) is 0 Å². The van der Waals surface area contributed by atoms with Crippen LogP contribution in [0.4, 0.5) is 16.2 Å². The van der Waals surface area contributed by atoms with Crippen LogP contribution in [-0.4, -0.2) is 49.2 Å². The van der Waals surface area contributed by atoms with Gasteiger partial charge < -0.3 is 15.0 Å². The zero-order chi connectivity index (χ0) is 18.2. The number of hydrazone groups is 1. The number of aromatic nitrogens is 1. The molecule has 130 valence electrons. The van der Waals surface area contributed by atoms with Gasteiger partial charge in [-0.05, 0) is 24.3 Å². The number of carbonyl (C=O) groups excluding carboxylic acids is 2. The van der Waals surface area contributed by atoms with Crippen molar-refractivity contribution in [3.05, 3.63) is 48.8 Å². The molecule has 0 bridgehead atoms. The fourth-order valence-corrected chi connectivity index (χ4v) is 1.90. The number of carbonyl (C=O) groups is 2. The predicted octanol–water partition coefficient (Wildman–Crippen LogP) is 2.20. The lowest BCUT2D eigenvalue weighted by molar-refractivity contribution is -0.117.